The summed E-state index contributed by atoms with van der Waals surface area (Å²) in [5, 5.41) is 11.5. The van der Waals surface area contributed by atoms with Crippen molar-refractivity contribution in [2.75, 3.05) is 19.8 Å². The predicted molar refractivity (Wildman–Crippen MR) is 99.4 cm³/mol. The van der Waals surface area contributed by atoms with E-state index in [9.17, 15) is 9.59 Å². The molecule has 0 aliphatic heterocycles. The minimum absolute atomic E-state index is 0.00711. The summed E-state index contributed by atoms with van der Waals surface area (Å²) in [6.07, 6.45) is -0.590. The molecule has 2 N–H and O–H groups in total. The molecule has 0 aliphatic rings. The van der Waals surface area contributed by atoms with Crippen molar-refractivity contribution in [1.82, 2.24) is 5.32 Å². The molecule has 1 atom stereocenters. The lowest BCUT2D eigenvalue weighted by molar-refractivity contribution is -0.143. The van der Waals surface area contributed by atoms with Gasteiger partial charge in [0.2, 0.25) is 0 Å². The number of nitrogens with one attached hydrogen (secondary N) is 1. The molecule has 0 bridgehead atoms. The number of carboxylic acid groups (broad SMARTS) is 1. The molecule has 0 heterocycles. The van der Waals surface area contributed by atoms with Gasteiger partial charge in [-0.2, -0.15) is 0 Å². The Morgan fingerprint density at radius 3 is 1.92 bits per heavy atom. The van der Waals surface area contributed by atoms with Gasteiger partial charge < -0.3 is 24.3 Å². The van der Waals surface area contributed by atoms with E-state index in [1.165, 1.54) is 0 Å². The van der Waals surface area contributed by atoms with Gasteiger partial charge in [0.1, 0.15) is 12.2 Å². The summed E-state index contributed by atoms with van der Waals surface area (Å²) in [7, 11) is -2.04. The van der Waals surface area contributed by atoms with Crippen molar-refractivity contribution in [1.29, 1.82) is 0 Å². The van der Waals surface area contributed by atoms with E-state index in [1.54, 1.807) is 27.7 Å². The predicted octanol–water partition coefficient (Wildman–Crippen LogP) is 3.39. The molecule has 148 valence electrons. The maximum atomic E-state index is 12.1. The first-order chi connectivity index (χ1) is 11.0. The summed E-state index contributed by atoms with van der Waals surface area (Å²) in [6.45, 7) is 17.5. The third kappa shape index (κ3) is 9.81. The first kappa shape index (κ1) is 23.9. The zero-order chi connectivity index (χ0) is 20.1. The van der Waals surface area contributed by atoms with Gasteiger partial charge in [-0.3, -0.25) is 0 Å². The van der Waals surface area contributed by atoms with E-state index < -0.39 is 38.1 Å². The van der Waals surface area contributed by atoms with E-state index in [4.69, 9.17) is 19.0 Å². The van der Waals surface area contributed by atoms with Crippen molar-refractivity contribution in [2.24, 2.45) is 0 Å². The normalized spacial score (nSPS) is 15.4. The monoisotopic (exact) mass is 377 g/mol. The van der Waals surface area contributed by atoms with Crippen LogP contribution in [0.25, 0.3) is 0 Å². The van der Waals surface area contributed by atoms with E-state index in [1.807, 2.05) is 0 Å². The molecule has 1 amide bonds. The maximum Gasteiger partial charge on any atom is 0.408 e. The summed E-state index contributed by atoms with van der Waals surface area (Å²) in [5.41, 5.74) is -1.53. The first-order valence-electron chi connectivity index (χ1n) is 8.42. The maximum absolute atomic E-state index is 12.1. The van der Waals surface area contributed by atoms with Crippen LogP contribution in [0.2, 0.25) is 18.1 Å². The lowest BCUT2D eigenvalue weighted by atomic mass is 10.1. The van der Waals surface area contributed by atoms with Crippen molar-refractivity contribution in [3.8, 4) is 0 Å². The molecule has 0 radical (unpaired) electrons. The Hall–Kier alpha value is -1.12. The topological polar surface area (TPSA) is 94.1 Å². The molecule has 0 saturated carbocycles. The molecule has 7 nitrogen and oxygen atoms in total. The molecule has 0 fully saturated rings. The zero-order valence-electron chi connectivity index (χ0n) is 17.1. The highest BCUT2D eigenvalue weighted by molar-refractivity contribution is 6.74. The molecular formula is C17H35NO6Si. The summed E-state index contributed by atoms with van der Waals surface area (Å²) < 4.78 is 16.7. The Morgan fingerprint density at radius 1 is 1.00 bits per heavy atom. The minimum atomic E-state index is -2.04. The molecular weight excluding hydrogens is 342 g/mol. The number of carboxylic acids is 1. The second-order valence-electron chi connectivity index (χ2n) is 9.12. The average molecular weight is 378 g/mol. The number of amides is 1. The number of alkyl carbamates (subject to hydrolysis) is 1. The third-order valence-electron chi connectivity index (χ3n) is 4.01. The molecule has 0 saturated heterocycles. The smallest absolute Gasteiger partial charge is 0.408 e. The molecule has 0 rings (SSSR count). The summed E-state index contributed by atoms with van der Waals surface area (Å²) in [6, 6.07) is 0. The van der Waals surface area contributed by atoms with Gasteiger partial charge in [-0.1, -0.05) is 20.8 Å². The van der Waals surface area contributed by atoms with Crippen molar-refractivity contribution in [2.45, 2.75) is 77.7 Å². The number of hydrogen-bond acceptors (Lipinski definition) is 5. The van der Waals surface area contributed by atoms with Crippen molar-refractivity contribution in [3.05, 3.63) is 0 Å². The standard InChI is InChI=1S/C17H35NO6Si/c1-15(2,3)24-14(21)18-17(7,11-22-10-13(19)20)12-23-25(8,9)16(4,5)6/h10-12H2,1-9H3,(H,18,21)(H,19,20). The van der Waals surface area contributed by atoms with Crippen molar-refractivity contribution in [3.63, 3.8) is 0 Å². The van der Waals surface area contributed by atoms with Gasteiger partial charge in [-0.25, -0.2) is 9.59 Å². The largest absolute Gasteiger partial charge is 0.480 e. The zero-order valence-corrected chi connectivity index (χ0v) is 18.1. The van der Waals surface area contributed by atoms with Gasteiger partial charge in [-0.05, 0) is 45.8 Å². The van der Waals surface area contributed by atoms with Crippen LogP contribution in [0.3, 0.4) is 0 Å². The highest BCUT2D eigenvalue weighted by atomic mass is 28.4. The quantitative estimate of drug-likeness (QED) is 0.630. The summed E-state index contributed by atoms with van der Waals surface area (Å²) in [4.78, 5) is 22.8. The fraction of sp³-hybridized carbons (Fsp3) is 0.882. The van der Waals surface area contributed by atoms with Crippen LogP contribution in [0.5, 0.6) is 0 Å². The highest BCUT2D eigenvalue weighted by Crippen LogP contribution is 2.37. The molecule has 0 aromatic carbocycles. The fourth-order valence-electron chi connectivity index (χ4n) is 1.58. The molecule has 25 heavy (non-hydrogen) atoms. The molecule has 0 aromatic rings. The van der Waals surface area contributed by atoms with E-state index in [-0.39, 0.29) is 18.3 Å². The van der Waals surface area contributed by atoms with Crippen LogP contribution in [0.15, 0.2) is 0 Å². The number of ether oxygens (including phenoxy) is 2. The molecule has 0 spiro atoms. The summed E-state index contributed by atoms with van der Waals surface area (Å²) >= 11 is 0. The third-order valence-corrected chi connectivity index (χ3v) is 8.49. The number of aliphatic carboxylic acids is 1. The van der Waals surface area contributed by atoms with Gasteiger partial charge >= 0.3 is 12.1 Å². The second kappa shape index (κ2) is 8.51. The van der Waals surface area contributed by atoms with Crippen molar-refractivity contribution < 1.29 is 28.6 Å². The van der Waals surface area contributed by atoms with Gasteiger partial charge in [-0.15, -0.1) is 0 Å². The van der Waals surface area contributed by atoms with Crippen LogP contribution in [0.1, 0.15) is 48.5 Å². The first-order valence-corrected chi connectivity index (χ1v) is 11.3. The number of rotatable bonds is 8. The number of carbonyl (C=O) groups is 2. The van der Waals surface area contributed by atoms with Gasteiger partial charge in [0.25, 0.3) is 0 Å². The SMILES string of the molecule is CC(COCC(=O)O)(CO[Si](C)(C)C(C)(C)C)NC(=O)OC(C)(C)C. The molecule has 0 aromatic heterocycles. The number of carbonyl (C=O) groups excluding carboxylic acids is 1. The lowest BCUT2D eigenvalue weighted by Crippen LogP contribution is -2.56. The van der Waals surface area contributed by atoms with Crippen LogP contribution < -0.4 is 5.32 Å². The van der Waals surface area contributed by atoms with E-state index in [0.717, 1.165) is 0 Å². The second-order valence-corrected chi connectivity index (χ2v) is 13.9. The Morgan fingerprint density at radius 2 is 1.52 bits per heavy atom. The van der Waals surface area contributed by atoms with Crippen LogP contribution in [-0.2, 0) is 18.7 Å². The van der Waals surface area contributed by atoms with Gasteiger partial charge in [0.05, 0.1) is 18.8 Å². The summed E-state index contributed by atoms with van der Waals surface area (Å²) in [5.74, 6) is -1.06. The van der Waals surface area contributed by atoms with E-state index in [2.05, 4.69) is 39.2 Å². The Kier molecular flexibility index (Phi) is 8.12. The van der Waals surface area contributed by atoms with Gasteiger partial charge in [0.15, 0.2) is 8.32 Å². The van der Waals surface area contributed by atoms with Crippen LogP contribution in [0, 0.1) is 0 Å². The highest BCUT2D eigenvalue weighted by Gasteiger charge is 2.40. The minimum Gasteiger partial charge on any atom is -0.480 e. The van der Waals surface area contributed by atoms with E-state index in [0.29, 0.717) is 0 Å². The number of hydrogen-bond donors (Lipinski definition) is 2. The fourth-order valence-corrected chi connectivity index (χ4v) is 2.70. The Balaban J connectivity index is 5.06. The average Bonchev–Trinajstić information content (AvgIpc) is 2.32. The van der Waals surface area contributed by atoms with Gasteiger partial charge in [0, 0.05) is 0 Å². The Labute approximate surface area is 152 Å². The van der Waals surface area contributed by atoms with Crippen molar-refractivity contribution >= 4 is 20.4 Å². The lowest BCUT2D eigenvalue weighted by Gasteiger charge is -2.40. The van der Waals surface area contributed by atoms with E-state index >= 15 is 0 Å². The van der Waals surface area contributed by atoms with Crippen LogP contribution in [-0.4, -0.2) is 56.4 Å². The Bertz CT molecular complexity index is 467. The van der Waals surface area contributed by atoms with Crippen LogP contribution >= 0.6 is 0 Å². The molecule has 0 aliphatic carbocycles. The molecule has 1 unspecified atom stereocenters. The van der Waals surface area contributed by atoms with Crippen LogP contribution in [0.4, 0.5) is 4.79 Å². The molecule has 8 heteroatoms.